The second-order valence-corrected chi connectivity index (χ2v) is 4.46. The van der Waals surface area contributed by atoms with Crippen LogP contribution in [0.1, 0.15) is 5.56 Å². The largest absolute Gasteiger partial charge is 0.497 e. The maximum atomic E-state index is 8.93. The van der Waals surface area contributed by atoms with Gasteiger partial charge in [0.05, 0.1) is 19.0 Å². The fourth-order valence-corrected chi connectivity index (χ4v) is 2.01. The van der Waals surface area contributed by atoms with E-state index in [1.165, 1.54) is 17.2 Å². The average Bonchev–Trinajstić information content (AvgIpc) is 2.96. The fraction of sp³-hybridized carbons (Fsp3) is 0.0667. The summed E-state index contributed by atoms with van der Waals surface area (Å²) >= 11 is 0. The molecular formula is C15H12N6O. The van der Waals surface area contributed by atoms with Crippen LogP contribution in [0.3, 0.4) is 0 Å². The lowest BCUT2D eigenvalue weighted by Gasteiger charge is -2.06. The Morgan fingerprint density at radius 2 is 2.00 bits per heavy atom. The van der Waals surface area contributed by atoms with Crippen LogP contribution in [0.25, 0.3) is 17.1 Å². The summed E-state index contributed by atoms with van der Waals surface area (Å²) in [7, 11) is 1.62. The van der Waals surface area contributed by atoms with E-state index in [-0.39, 0.29) is 5.82 Å². The van der Waals surface area contributed by atoms with Gasteiger partial charge in [0.2, 0.25) is 0 Å². The number of ether oxygens (including phenoxy) is 1. The lowest BCUT2D eigenvalue weighted by molar-refractivity contribution is 0.415. The van der Waals surface area contributed by atoms with E-state index in [1.54, 1.807) is 13.2 Å². The normalized spacial score (nSPS) is 10.2. The number of nitrogen functional groups attached to an aromatic ring is 1. The zero-order valence-corrected chi connectivity index (χ0v) is 11.8. The molecule has 0 amide bonds. The van der Waals surface area contributed by atoms with E-state index in [1.807, 2.05) is 30.3 Å². The van der Waals surface area contributed by atoms with Gasteiger partial charge >= 0.3 is 0 Å². The number of hydrogen-bond donors (Lipinski definition) is 1. The number of hydrogen-bond acceptors (Lipinski definition) is 6. The van der Waals surface area contributed by atoms with E-state index >= 15 is 0 Å². The molecule has 0 atom stereocenters. The van der Waals surface area contributed by atoms with Gasteiger partial charge in [-0.1, -0.05) is 0 Å². The van der Waals surface area contributed by atoms with Gasteiger partial charge in [0.15, 0.2) is 5.82 Å². The summed E-state index contributed by atoms with van der Waals surface area (Å²) in [6.07, 6.45) is 2.84. The summed E-state index contributed by atoms with van der Waals surface area (Å²) in [6.45, 7) is 0. The minimum absolute atomic E-state index is 0.252. The molecule has 2 N–H and O–H groups in total. The van der Waals surface area contributed by atoms with Crippen molar-refractivity contribution in [3.63, 3.8) is 0 Å². The monoisotopic (exact) mass is 292 g/mol. The van der Waals surface area contributed by atoms with Crippen molar-refractivity contribution in [2.24, 2.45) is 0 Å². The quantitative estimate of drug-likeness (QED) is 0.789. The Balaban J connectivity index is 2.02. The molecule has 0 fully saturated rings. The highest BCUT2D eigenvalue weighted by atomic mass is 16.5. The first-order chi connectivity index (χ1) is 10.7. The smallest absolute Gasteiger partial charge is 0.159 e. The second kappa shape index (κ2) is 5.54. The number of nitrogens with two attached hydrogens (primary N) is 1. The van der Waals surface area contributed by atoms with Crippen LogP contribution in [0.5, 0.6) is 5.75 Å². The second-order valence-electron chi connectivity index (χ2n) is 4.46. The molecule has 0 radical (unpaired) electrons. The zero-order chi connectivity index (χ0) is 15.5. The van der Waals surface area contributed by atoms with E-state index in [0.29, 0.717) is 11.4 Å². The highest BCUT2D eigenvalue weighted by molar-refractivity contribution is 5.62. The molecule has 0 unspecified atom stereocenters. The Kier molecular flexibility index (Phi) is 3.42. The number of nitriles is 1. The Labute approximate surface area is 126 Å². The van der Waals surface area contributed by atoms with Crippen molar-refractivity contribution in [3.05, 3.63) is 48.4 Å². The van der Waals surface area contributed by atoms with Crippen molar-refractivity contribution in [2.45, 2.75) is 0 Å². The summed E-state index contributed by atoms with van der Waals surface area (Å²) in [5, 5.41) is 13.0. The minimum Gasteiger partial charge on any atom is -0.497 e. The number of nitrogens with zero attached hydrogens (tertiary/aromatic N) is 5. The van der Waals surface area contributed by atoms with Gasteiger partial charge in [-0.2, -0.15) is 15.0 Å². The summed E-state index contributed by atoms with van der Waals surface area (Å²) in [4.78, 5) is 8.40. The molecule has 22 heavy (non-hydrogen) atoms. The summed E-state index contributed by atoms with van der Waals surface area (Å²) in [5.74, 6) is 1.52. The standard InChI is InChI=1S/C15H12N6O/c1-22-12-4-2-10(3-5-12)13-6-14(19-9-18-13)21-15(17)11(7-16)8-20-21/h2-6,8-9H,17H2,1H3. The van der Waals surface area contributed by atoms with Crippen LogP contribution >= 0.6 is 0 Å². The van der Waals surface area contributed by atoms with E-state index in [4.69, 9.17) is 15.7 Å². The molecule has 7 nitrogen and oxygen atoms in total. The van der Waals surface area contributed by atoms with Gasteiger partial charge in [0.1, 0.15) is 29.5 Å². The molecule has 3 aromatic rings. The molecule has 0 saturated heterocycles. The van der Waals surface area contributed by atoms with Crippen LogP contribution in [-0.2, 0) is 0 Å². The first-order valence-corrected chi connectivity index (χ1v) is 6.43. The molecule has 7 heteroatoms. The molecule has 0 spiro atoms. The van der Waals surface area contributed by atoms with Crippen molar-refractivity contribution in [3.8, 4) is 28.9 Å². The van der Waals surface area contributed by atoms with Crippen LogP contribution in [0.15, 0.2) is 42.9 Å². The Morgan fingerprint density at radius 1 is 1.23 bits per heavy atom. The first-order valence-electron chi connectivity index (χ1n) is 6.43. The van der Waals surface area contributed by atoms with Crippen molar-refractivity contribution in [1.82, 2.24) is 19.7 Å². The molecule has 108 valence electrons. The van der Waals surface area contributed by atoms with Gasteiger partial charge in [0, 0.05) is 11.6 Å². The highest BCUT2D eigenvalue weighted by Crippen LogP contribution is 2.22. The van der Waals surface area contributed by atoms with Gasteiger partial charge in [-0.3, -0.25) is 0 Å². The fourth-order valence-electron chi connectivity index (χ4n) is 2.01. The summed E-state index contributed by atoms with van der Waals surface area (Å²) in [5.41, 5.74) is 7.82. The number of benzene rings is 1. The van der Waals surface area contributed by atoms with Crippen LogP contribution in [0.4, 0.5) is 5.82 Å². The maximum Gasteiger partial charge on any atom is 0.159 e. The van der Waals surface area contributed by atoms with Crippen molar-refractivity contribution in [2.75, 3.05) is 12.8 Å². The van der Waals surface area contributed by atoms with Crippen LogP contribution in [-0.4, -0.2) is 26.9 Å². The van der Waals surface area contributed by atoms with Crippen LogP contribution in [0, 0.1) is 11.3 Å². The van der Waals surface area contributed by atoms with Crippen LogP contribution in [0.2, 0.25) is 0 Å². The van der Waals surface area contributed by atoms with Gasteiger partial charge in [-0.25, -0.2) is 9.97 Å². The van der Waals surface area contributed by atoms with Gasteiger partial charge < -0.3 is 10.5 Å². The van der Waals surface area contributed by atoms with E-state index in [9.17, 15) is 0 Å². The highest BCUT2D eigenvalue weighted by Gasteiger charge is 2.11. The van der Waals surface area contributed by atoms with Crippen molar-refractivity contribution < 1.29 is 4.74 Å². The molecule has 0 saturated carbocycles. The Bertz CT molecular complexity index is 847. The van der Waals surface area contributed by atoms with Gasteiger partial charge in [0.25, 0.3) is 0 Å². The third-order valence-corrected chi connectivity index (χ3v) is 3.18. The van der Waals surface area contributed by atoms with Crippen molar-refractivity contribution >= 4 is 5.82 Å². The zero-order valence-electron chi connectivity index (χ0n) is 11.8. The number of rotatable bonds is 3. The molecular weight excluding hydrogens is 280 g/mol. The molecule has 3 rings (SSSR count). The lowest BCUT2D eigenvalue weighted by atomic mass is 10.1. The lowest BCUT2D eigenvalue weighted by Crippen LogP contribution is -2.05. The predicted molar refractivity (Wildman–Crippen MR) is 80.3 cm³/mol. The molecule has 1 aromatic carbocycles. The first kappa shape index (κ1) is 13.6. The molecule has 2 heterocycles. The number of methoxy groups -OCH3 is 1. The Hall–Kier alpha value is -3.40. The van der Waals surface area contributed by atoms with Crippen LogP contribution < -0.4 is 10.5 Å². The Morgan fingerprint density at radius 3 is 2.64 bits per heavy atom. The van der Waals surface area contributed by atoms with E-state index in [0.717, 1.165) is 17.0 Å². The predicted octanol–water partition coefficient (Wildman–Crippen LogP) is 1.79. The van der Waals surface area contributed by atoms with Gasteiger partial charge in [-0.15, -0.1) is 0 Å². The number of anilines is 1. The van der Waals surface area contributed by atoms with Crippen molar-refractivity contribution in [1.29, 1.82) is 5.26 Å². The topological polar surface area (TPSA) is 103 Å². The minimum atomic E-state index is 0.252. The third kappa shape index (κ3) is 2.33. The van der Waals surface area contributed by atoms with Gasteiger partial charge in [-0.05, 0) is 24.3 Å². The van der Waals surface area contributed by atoms with E-state index in [2.05, 4.69) is 15.1 Å². The molecule has 0 bridgehead atoms. The molecule has 0 aliphatic heterocycles. The van der Waals surface area contributed by atoms with E-state index < -0.39 is 0 Å². The summed E-state index contributed by atoms with van der Waals surface area (Å²) < 4.78 is 6.54. The SMILES string of the molecule is COc1ccc(-c2cc(-n3ncc(C#N)c3N)ncn2)cc1. The molecule has 0 aliphatic carbocycles. The number of aromatic nitrogens is 4. The average molecular weight is 292 g/mol. The molecule has 0 aliphatic rings. The molecule has 2 aromatic heterocycles. The maximum absolute atomic E-state index is 8.93. The third-order valence-electron chi connectivity index (χ3n) is 3.18. The summed E-state index contributed by atoms with van der Waals surface area (Å²) in [6, 6.07) is 11.2.